The number of ether oxygens (including phenoxy) is 1. The van der Waals surface area contributed by atoms with Crippen LogP contribution in [0.1, 0.15) is 6.92 Å². The maximum Gasteiger partial charge on any atom is 0.211 e. The van der Waals surface area contributed by atoms with E-state index in [1.165, 1.54) is 7.11 Å². The highest BCUT2D eigenvalue weighted by Crippen LogP contribution is 1.96. The molecular formula is C7H14BNO3. The minimum Gasteiger partial charge on any atom is -0.394 e. The van der Waals surface area contributed by atoms with E-state index in [2.05, 4.69) is 5.32 Å². The van der Waals surface area contributed by atoms with E-state index in [1.807, 2.05) is 0 Å². The monoisotopic (exact) mass is 171 g/mol. The van der Waals surface area contributed by atoms with Crippen molar-refractivity contribution in [2.75, 3.05) is 13.7 Å². The largest absolute Gasteiger partial charge is 0.394 e. The van der Waals surface area contributed by atoms with Crippen molar-refractivity contribution in [1.82, 2.24) is 5.32 Å². The lowest BCUT2D eigenvalue weighted by atomic mass is 10.0. The Kier molecular flexibility index (Phi) is 5.75. The van der Waals surface area contributed by atoms with Crippen LogP contribution in [0.4, 0.5) is 0 Å². The number of carbonyl (C=O) groups excluding carboxylic acids is 1. The fraction of sp³-hybridized carbons (Fsp3) is 0.857. The average molecular weight is 171 g/mol. The Balaban J connectivity index is 3.90. The van der Waals surface area contributed by atoms with Gasteiger partial charge in [0.25, 0.3) is 0 Å². The number of hydrogen-bond donors (Lipinski definition) is 2. The topological polar surface area (TPSA) is 58.6 Å². The molecule has 0 bridgehead atoms. The molecule has 1 amide bonds. The van der Waals surface area contributed by atoms with Crippen LogP contribution in [0.15, 0.2) is 0 Å². The molecular weight excluding hydrogens is 157 g/mol. The Bertz CT molecular complexity index is 143. The highest BCUT2D eigenvalue weighted by molar-refractivity contribution is 6.19. The number of methoxy groups -OCH3 is 1. The number of rotatable bonds is 5. The molecule has 0 aliphatic carbocycles. The highest BCUT2D eigenvalue weighted by atomic mass is 16.5. The van der Waals surface area contributed by atoms with Crippen LogP contribution in [-0.4, -0.2) is 44.7 Å². The minimum atomic E-state index is -0.383. The Labute approximate surface area is 73.7 Å². The second-order valence-corrected chi connectivity index (χ2v) is 2.50. The van der Waals surface area contributed by atoms with Crippen LogP contribution in [0.2, 0.25) is 6.32 Å². The highest BCUT2D eigenvalue weighted by Gasteiger charge is 2.16. The summed E-state index contributed by atoms with van der Waals surface area (Å²) in [6, 6.07) is -0.383. The summed E-state index contributed by atoms with van der Waals surface area (Å²) < 4.78 is 4.93. The number of aliphatic hydroxyl groups excluding tert-OH is 1. The minimum absolute atomic E-state index is 0.0765. The first-order valence-electron chi connectivity index (χ1n) is 3.78. The molecule has 0 rings (SSSR count). The molecule has 0 aromatic rings. The Morgan fingerprint density at radius 1 is 1.75 bits per heavy atom. The van der Waals surface area contributed by atoms with Gasteiger partial charge in [-0.15, -0.1) is 0 Å². The lowest BCUT2D eigenvalue weighted by Gasteiger charge is -2.21. The van der Waals surface area contributed by atoms with Crippen molar-refractivity contribution in [3.05, 3.63) is 0 Å². The van der Waals surface area contributed by atoms with Crippen molar-refractivity contribution in [2.24, 2.45) is 0 Å². The predicted molar refractivity (Wildman–Crippen MR) is 46.0 cm³/mol. The van der Waals surface area contributed by atoms with Gasteiger partial charge < -0.3 is 15.2 Å². The van der Waals surface area contributed by atoms with E-state index in [1.54, 1.807) is 6.92 Å². The molecule has 4 nitrogen and oxygen atoms in total. The van der Waals surface area contributed by atoms with Crippen molar-refractivity contribution >= 4 is 13.8 Å². The zero-order chi connectivity index (χ0) is 9.56. The van der Waals surface area contributed by atoms with Crippen LogP contribution in [-0.2, 0) is 9.53 Å². The number of amides is 1. The molecule has 0 heterocycles. The van der Waals surface area contributed by atoms with Crippen LogP contribution in [0.25, 0.3) is 0 Å². The molecule has 0 spiro atoms. The first-order chi connectivity index (χ1) is 5.65. The van der Waals surface area contributed by atoms with Crippen molar-refractivity contribution in [3.63, 3.8) is 0 Å². The molecule has 5 heteroatoms. The lowest BCUT2D eigenvalue weighted by Crippen LogP contribution is -2.45. The third-order valence-electron chi connectivity index (χ3n) is 1.67. The van der Waals surface area contributed by atoms with Gasteiger partial charge in [-0.1, -0.05) is 0 Å². The molecule has 0 aliphatic heterocycles. The van der Waals surface area contributed by atoms with Gasteiger partial charge in [0.1, 0.15) is 0 Å². The molecule has 0 aromatic heterocycles. The molecule has 12 heavy (non-hydrogen) atoms. The van der Waals surface area contributed by atoms with Gasteiger partial charge in [0.15, 0.2) is 0 Å². The van der Waals surface area contributed by atoms with Crippen LogP contribution < -0.4 is 5.32 Å². The third-order valence-corrected chi connectivity index (χ3v) is 1.67. The van der Waals surface area contributed by atoms with Crippen LogP contribution in [0.3, 0.4) is 0 Å². The Morgan fingerprint density at radius 2 is 2.33 bits per heavy atom. The number of hydrogen-bond acceptors (Lipinski definition) is 3. The Hall–Kier alpha value is -0.545. The van der Waals surface area contributed by atoms with Crippen LogP contribution >= 0.6 is 0 Å². The third kappa shape index (κ3) is 3.73. The van der Waals surface area contributed by atoms with Crippen molar-refractivity contribution in [2.45, 2.75) is 25.4 Å². The molecule has 2 N–H and O–H groups in total. The van der Waals surface area contributed by atoms with E-state index in [0.717, 1.165) is 0 Å². The summed E-state index contributed by atoms with van der Waals surface area (Å²) in [5.74, 6) is -0.294. The molecule has 2 atom stereocenters. The van der Waals surface area contributed by atoms with E-state index in [0.29, 0.717) is 0 Å². The van der Waals surface area contributed by atoms with E-state index in [9.17, 15) is 4.79 Å². The quantitative estimate of drug-likeness (QED) is 0.526. The summed E-state index contributed by atoms with van der Waals surface area (Å²) in [6.07, 6.45) is -0.294. The van der Waals surface area contributed by atoms with Crippen molar-refractivity contribution in [3.8, 4) is 0 Å². The molecule has 2 unspecified atom stereocenters. The van der Waals surface area contributed by atoms with Gasteiger partial charge in [0.2, 0.25) is 5.91 Å². The van der Waals surface area contributed by atoms with E-state index < -0.39 is 0 Å². The van der Waals surface area contributed by atoms with Crippen LogP contribution in [0, 0.1) is 0 Å². The molecule has 0 aliphatic rings. The predicted octanol–water partition coefficient (Wildman–Crippen LogP) is -0.915. The average Bonchev–Trinajstić information content (AvgIpc) is 2.12. The summed E-state index contributed by atoms with van der Waals surface area (Å²) >= 11 is 0. The van der Waals surface area contributed by atoms with E-state index in [4.69, 9.17) is 17.7 Å². The van der Waals surface area contributed by atoms with Gasteiger partial charge in [-0.2, -0.15) is 0 Å². The lowest BCUT2D eigenvalue weighted by molar-refractivity contribution is -0.121. The smallest absolute Gasteiger partial charge is 0.211 e. The van der Waals surface area contributed by atoms with Gasteiger partial charge in [-0.25, -0.2) is 0 Å². The number of carbonyl (C=O) groups is 1. The zero-order valence-corrected chi connectivity index (χ0v) is 7.41. The van der Waals surface area contributed by atoms with Crippen molar-refractivity contribution in [1.29, 1.82) is 0 Å². The standard InChI is InChI=1S/C7H14BNO3/c1-5(12-2)6(4-10)9-7(11)3-8/h5-6,10H,3-4H2,1-2H3,(H,9,11). The Morgan fingerprint density at radius 3 is 2.67 bits per heavy atom. The summed E-state index contributed by atoms with van der Waals surface area (Å²) in [5, 5.41) is 11.4. The van der Waals surface area contributed by atoms with Crippen molar-refractivity contribution < 1.29 is 14.6 Å². The maximum absolute atomic E-state index is 10.8. The molecule has 0 aromatic carbocycles. The fourth-order valence-electron chi connectivity index (χ4n) is 0.741. The van der Waals surface area contributed by atoms with Gasteiger partial charge in [0.05, 0.1) is 26.6 Å². The molecule has 0 saturated carbocycles. The first-order valence-corrected chi connectivity index (χ1v) is 3.78. The fourth-order valence-corrected chi connectivity index (χ4v) is 0.741. The van der Waals surface area contributed by atoms with E-state index in [-0.39, 0.29) is 31.0 Å². The first kappa shape index (κ1) is 11.5. The second-order valence-electron chi connectivity index (χ2n) is 2.50. The maximum atomic E-state index is 10.8. The van der Waals surface area contributed by atoms with Gasteiger partial charge in [-0.3, -0.25) is 4.79 Å². The number of aliphatic hydroxyl groups is 1. The summed E-state index contributed by atoms with van der Waals surface area (Å²) in [6.45, 7) is 1.61. The molecule has 0 saturated heterocycles. The van der Waals surface area contributed by atoms with Crippen LogP contribution in [0.5, 0.6) is 0 Å². The zero-order valence-electron chi connectivity index (χ0n) is 7.41. The number of nitrogens with one attached hydrogen (secondary N) is 1. The molecule has 0 fully saturated rings. The molecule has 68 valence electrons. The summed E-state index contributed by atoms with van der Waals surface area (Å²) in [7, 11) is 6.60. The molecule has 2 radical (unpaired) electrons. The van der Waals surface area contributed by atoms with Gasteiger partial charge in [0, 0.05) is 7.11 Å². The summed E-state index contributed by atoms with van der Waals surface area (Å²) in [5.41, 5.74) is 0. The van der Waals surface area contributed by atoms with Gasteiger partial charge in [-0.05, 0) is 13.2 Å². The van der Waals surface area contributed by atoms with E-state index >= 15 is 0 Å². The SMILES string of the molecule is [B]CC(=O)NC(CO)C(C)OC. The normalized spacial score (nSPS) is 15.2. The van der Waals surface area contributed by atoms with Gasteiger partial charge >= 0.3 is 0 Å². The second kappa shape index (κ2) is 6.02. The summed E-state index contributed by atoms with van der Waals surface area (Å²) in [4.78, 5) is 10.8.